The summed E-state index contributed by atoms with van der Waals surface area (Å²) < 4.78 is 125. The molecule has 0 atom stereocenters. The van der Waals surface area contributed by atoms with Gasteiger partial charge in [-0.3, -0.25) is 14.5 Å². The van der Waals surface area contributed by atoms with Crippen LogP contribution in [0.15, 0.2) is 30.6 Å². The zero-order valence-corrected chi connectivity index (χ0v) is 26.9. The minimum Gasteiger partial charge on any atom is -0.465 e. The van der Waals surface area contributed by atoms with Gasteiger partial charge in [0.2, 0.25) is 0 Å². The van der Waals surface area contributed by atoms with Crippen LogP contribution in [0.25, 0.3) is 16.9 Å². The van der Waals surface area contributed by atoms with Crippen LogP contribution in [0.3, 0.4) is 0 Å². The van der Waals surface area contributed by atoms with Gasteiger partial charge in [-0.05, 0) is 56.2 Å². The molecule has 21 heteroatoms. The van der Waals surface area contributed by atoms with Crippen LogP contribution in [0, 0.1) is 11.3 Å². The summed E-state index contributed by atoms with van der Waals surface area (Å²) in [6, 6.07) is 5.75. The number of ether oxygens (including phenoxy) is 3. The molecule has 2 aliphatic rings. The summed E-state index contributed by atoms with van der Waals surface area (Å²) in [5.74, 6) is -8.09. The first-order valence-corrected chi connectivity index (χ1v) is 15.3. The van der Waals surface area contributed by atoms with Gasteiger partial charge in [-0.2, -0.15) is 50.6 Å². The minimum atomic E-state index is -6.39. The van der Waals surface area contributed by atoms with Gasteiger partial charge >= 0.3 is 24.4 Å². The molecule has 1 amide bonds. The van der Waals surface area contributed by atoms with E-state index in [1.807, 2.05) is 6.07 Å². The van der Waals surface area contributed by atoms with E-state index in [1.54, 1.807) is 0 Å². The Bertz CT molecular complexity index is 1860. The Morgan fingerprint density at radius 1 is 1.08 bits per heavy atom. The average molecular weight is 753 g/mol. The fourth-order valence-corrected chi connectivity index (χ4v) is 5.78. The van der Waals surface area contributed by atoms with Crippen molar-refractivity contribution < 1.29 is 63.7 Å². The van der Waals surface area contributed by atoms with E-state index in [2.05, 4.69) is 10.2 Å². The lowest BCUT2D eigenvalue weighted by atomic mass is 9.95. The van der Waals surface area contributed by atoms with E-state index in [-0.39, 0.29) is 45.3 Å². The molecule has 1 aromatic carbocycles. The summed E-state index contributed by atoms with van der Waals surface area (Å²) in [6.45, 7) is -0.386. The standard InChI is InChI=1S/C30H25ClF8N6O6/c1-43-24(22(29(34,35)36)23(42-43)28(32,33)30(37,38)39)45-12-17(11-41-45)16-2-7-21(31)20(10-16)25(47)44(27(13-40)8-9-27)14-49-26(48)51-19-5-3-18(4-6-19)50-15-46/h2,7,10-12,15,18-19H,3-6,8-9,14H2,1H3. The number of benzene rings is 1. The van der Waals surface area contributed by atoms with E-state index in [0.717, 1.165) is 24.3 Å². The Balaban J connectivity index is 1.39. The van der Waals surface area contributed by atoms with Crippen LogP contribution in [0.4, 0.5) is 39.9 Å². The van der Waals surface area contributed by atoms with Gasteiger partial charge in [-0.1, -0.05) is 17.7 Å². The fourth-order valence-electron chi connectivity index (χ4n) is 5.58. The molecule has 0 unspecified atom stereocenters. The predicted molar refractivity (Wildman–Crippen MR) is 155 cm³/mol. The SMILES string of the molecule is Cn1nc(C(F)(F)C(F)(F)F)c(C(F)(F)F)c1-n1cc(-c2ccc(Cl)c(C(=O)N(COC(=O)OC3CCC(OC=O)CC3)C3(C#N)CC3)c2)cn1. The van der Waals surface area contributed by atoms with Crippen molar-refractivity contribution in [2.45, 2.75) is 74.5 Å². The van der Waals surface area contributed by atoms with E-state index in [9.17, 15) is 54.8 Å². The number of carbonyl (C=O) groups excluding carboxylic acids is 3. The smallest absolute Gasteiger partial charge is 0.465 e. The first kappa shape index (κ1) is 37.3. The fraction of sp³-hybridized carbons (Fsp3) is 0.467. The Hall–Kier alpha value is -4.93. The maximum atomic E-state index is 14.2. The maximum Gasteiger partial charge on any atom is 0.510 e. The molecule has 274 valence electrons. The number of rotatable bonds is 10. The predicted octanol–water partition coefficient (Wildman–Crippen LogP) is 6.69. The zero-order chi connectivity index (χ0) is 37.5. The Labute approximate surface area is 287 Å². The van der Waals surface area contributed by atoms with Gasteiger partial charge in [0.15, 0.2) is 18.2 Å². The second-order valence-electron chi connectivity index (χ2n) is 11.8. The summed E-state index contributed by atoms with van der Waals surface area (Å²) in [4.78, 5) is 37.8. The molecular formula is C30H25ClF8N6O6. The van der Waals surface area contributed by atoms with Crippen molar-refractivity contribution in [2.24, 2.45) is 7.05 Å². The molecule has 0 bridgehead atoms. The highest BCUT2D eigenvalue weighted by atomic mass is 35.5. The average Bonchev–Trinajstić information content (AvgIpc) is 3.52. The third-order valence-corrected chi connectivity index (χ3v) is 8.75. The van der Waals surface area contributed by atoms with E-state index in [1.165, 1.54) is 18.2 Å². The van der Waals surface area contributed by atoms with Crippen LogP contribution < -0.4 is 0 Å². The lowest BCUT2D eigenvalue weighted by Crippen LogP contribution is -2.44. The molecule has 5 rings (SSSR count). The molecule has 51 heavy (non-hydrogen) atoms. The van der Waals surface area contributed by atoms with E-state index in [0.29, 0.717) is 36.8 Å². The molecular weight excluding hydrogens is 728 g/mol. The van der Waals surface area contributed by atoms with Gasteiger partial charge in [0, 0.05) is 18.8 Å². The van der Waals surface area contributed by atoms with Crippen LogP contribution in [0.2, 0.25) is 5.02 Å². The van der Waals surface area contributed by atoms with Gasteiger partial charge < -0.3 is 14.2 Å². The van der Waals surface area contributed by atoms with Crippen molar-refractivity contribution >= 4 is 30.1 Å². The Morgan fingerprint density at radius 2 is 1.73 bits per heavy atom. The summed E-state index contributed by atoms with van der Waals surface area (Å²) in [6.07, 6.45) is -10.1. The molecule has 2 saturated carbocycles. The second-order valence-corrected chi connectivity index (χ2v) is 12.2. The number of hydrogen-bond acceptors (Lipinski definition) is 9. The van der Waals surface area contributed by atoms with E-state index in [4.69, 9.17) is 25.8 Å². The molecule has 3 aromatic rings. The van der Waals surface area contributed by atoms with Gasteiger partial charge in [0.1, 0.15) is 23.3 Å². The van der Waals surface area contributed by atoms with Crippen molar-refractivity contribution in [2.75, 3.05) is 6.73 Å². The largest absolute Gasteiger partial charge is 0.510 e. The summed E-state index contributed by atoms with van der Waals surface area (Å²) in [5, 5.41) is 16.3. The minimum absolute atomic E-state index is 0.0276. The van der Waals surface area contributed by atoms with E-state index >= 15 is 0 Å². The van der Waals surface area contributed by atoms with Crippen molar-refractivity contribution in [1.29, 1.82) is 5.26 Å². The lowest BCUT2D eigenvalue weighted by molar-refractivity contribution is -0.292. The highest BCUT2D eigenvalue weighted by Crippen LogP contribution is 2.49. The van der Waals surface area contributed by atoms with Crippen molar-refractivity contribution in [3.05, 3.63) is 52.4 Å². The zero-order valence-electron chi connectivity index (χ0n) is 26.1. The van der Waals surface area contributed by atoms with Crippen LogP contribution in [-0.2, 0) is 38.2 Å². The molecule has 0 aliphatic heterocycles. The van der Waals surface area contributed by atoms with Gasteiger partial charge in [0.05, 0.1) is 22.9 Å². The van der Waals surface area contributed by atoms with Crippen molar-refractivity contribution in [3.8, 4) is 23.0 Å². The summed E-state index contributed by atoms with van der Waals surface area (Å²) in [7, 11) is 0.728. The van der Waals surface area contributed by atoms with Gasteiger partial charge in [-0.25, -0.2) is 14.2 Å². The van der Waals surface area contributed by atoms with Crippen LogP contribution in [-0.4, -0.2) is 73.6 Å². The quantitative estimate of drug-likeness (QED) is 0.0958. The molecule has 0 radical (unpaired) electrons. The highest BCUT2D eigenvalue weighted by molar-refractivity contribution is 6.34. The number of nitriles is 1. The number of amides is 1. The topological polar surface area (TPSA) is 142 Å². The first-order valence-electron chi connectivity index (χ1n) is 14.9. The highest BCUT2D eigenvalue weighted by Gasteiger charge is 2.64. The Morgan fingerprint density at radius 3 is 2.29 bits per heavy atom. The lowest BCUT2D eigenvalue weighted by Gasteiger charge is -2.29. The Kier molecular flexibility index (Phi) is 9.99. The van der Waals surface area contributed by atoms with Crippen molar-refractivity contribution in [1.82, 2.24) is 24.5 Å². The van der Waals surface area contributed by atoms with Gasteiger partial charge in [-0.15, -0.1) is 0 Å². The normalized spacial score (nSPS) is 18.8. The number of hydrogen-bond donors (Lipinski definition) is 0. The van der Waals surface area contributed by atoms with Crippen LogP contribution in [0.5, 0.6) is 0 Å². The number of halogens is 9. The molecule has 2 aliphatic carbocycles. The molecule has 2 fully saturated rings. The molecule has 0 spiro atoms. The maximum absolute atomic E-state index is 14.2. The molecule has 0 N–H and O–H groups in total. The number of aromatic nitrogens is 4. The summed E-state index contributed by atoms with van der Waals surface area (Å²) in [5.41, 5.74) is -6.48. The first-order chi connectivity index (χ1) is 23.8. The van der Waals surface area contributed by atoms with Crippen molar-refractivity contribution in [3.63, 3.8) is 0 Å². The molecule has 0 saturated heterocycles. The number of nitrogens with zero attached hydrogens (tertiary/aromatic N) is 6. The molecule has 2 aromatic heterocycles. The third-order valence-electron chi connectivity index (χ3n) is 8.42. The van der Waals surface area contributed by atoms with E-state index < -0.39 is 65.8 Å². The molecule has 2 heterocycles. The van der Waals surface area contributed by atoms with Gasteiger partial charge in [0.25, 0.3) is 12.4 Å². The number of alkyl halides is 8. The number of aryl methyl sites for hydroxylation is 1. The van der Waals surface area contributed by atoms with Crippen LogP contribution in [0.1, 0.15) is 60.1 Å². The third kappa shape index (κ3) is 7.43. The number of carbonyl (C=O) groups is 3. The second kappa shape index (κ2) is 13.7. The van der Waals surface area contributed by atoms with Crippen LogP contribution >= 0.6 is 11.6 Å². The summed E-state index contributed by atoms with van der Waals surface area (Å²) >= 11 is 6.32. The monoisotopic (exact) mass is 752 g/mol. The molecule has 12 nitrogen and oxygen atoms in total.